The topological polar surface area (TPSA) is 111 Å². The molecular weight excluding hydrogens is 426 g/mol. The Morgan fingerprint density at radius 2 is 1.97 bits per heavy atom. The molecule has 174 valence electrons. The summed E-state index contributed by atoms with van der Waals surface area (Å²) in [5, 5.41) is 13.5. The van der Waals surface area contributed by atoms with E-state index in [1.165, 1.54) is 0 Å². The zero-order chi connectivity index (χ0) is 22.4. The lowest BCUT2D eigenvalue weighted by atomic mass is 10.0. The monoisotopic (exact) mass is 453 g/mol. The third kappa shape index (κ3) is 3.85. The number of hydrogen-bond donors (Lipinski definition) is 1. The molecule has 3 aliphatic heterocycles. The van der Waals surface area contributed by atoms with Crippen molar-refractivity contribution in [3.63, 3.8) is 0 Å². The van der Waals surface area contributed by atoms with Gasteiger partial charge in [-0.3, -0.25) is 9.69 Å². The maximum absolute atomic E-state index is 13.4. The summed E-state index contributed by atoms with van der Waals surface area (Å²) >= 11 is 0. The zero-order valence-corrected chi connectivity index (χ0v) is 18.6. The number of H-pyrrole nitrogens is 1. The second kappa shape index (κ2) is 8.40. The van der Waals surface area contributed by atoms with Crippen LogP contribution in [0.5, 0.6) is 11.5 Å². The summed E-state index contributed by atoms with van der Waals surface area (Å²) < 4.78 is 18.6. The van der Waals surface area contributed by atoms with E-state index in [9.17, 15) is 4.79 Å². The SMILES string of the molecule is CN1CCN([C@H](c2cc3cc4c(cc3[nH]c2=O)OCO4)c2nnnn2C[C@@H]2CCCO2)CC1. The molecule has 0 unspecified atom stereocenters. The molecule has 5 heterocycles. The number of hydrogen-bond acceptors (Lipinski definition) is 9. The van der Waals surface area contributed by atoms with E-state index in [2.05, 4.69) is 37.4 Å². The van der Waals surface area contributed by atoms with E-state index in [1.54, 1.807) is 0 Å². The lowest BCUT2D eigenvalue weighted by Gasteiger charge is -2.37. The maximum Gasteiger partial charge on any atom is 0.253 e. The fourth-order valence-corrected chi connectivity index (χ4v) is 4.91. The Kier molecular flexibility index (Phi) is 5.24. The minimum Gasteiger partial charge on any atom is -0.454 e. The van der Waals surface area contributed by atoms with Gasteiger partial charge in [-0.1, -0.05) is 0 Å². The molecule has 6 rings (SSSR count). The van der Waals surface area contributed by atoms with Gasteiger partial charge in [0, 0.05) is 49.8 Å². The highest BCUT2D eigenvalue weighted by atomic mass is 16.7. The number of tetrazole rings is 1. The summed E-state index contributed by atoms with van der Waals surface area (Å²) in [7, 11) is 2.11. The van der Waals surface area contributed by atoms with Crippen LogP contribution in [-0.4, -0.2) is 87.7 Å². The Morgan fingerprint density at radius 1 is 1.15 bits per heavy atom. The molecule has 0 aliphatic carbocycles. The number of nitrogens with zero attached hydrogens (tertiary/aromatic N) is 6. The molecule has 2 atom stereocenters. The average molecular weight is 454 g/mol. The van der Waals surface area contributed by atoms with Crippen LogP contribution in [0.15, 0.2) is 23.0 Å². The predicted octanol–water partition coefficient (Wildman–Crippen LogP) is 0.759. The lowest BCUT2D eigenvalue weighted by molar-refractivity contribution is 0.0878. The number of piperazine rings is 1. The quantitative estimate of drug-likeness (QED) is 0.598. The Labute approximate surface area is 190 Å². The first-order valence-corrected chi connectivity index (χ1v) is 11.4. The third-order valence-electron chi connectivity index (χ3n) is 6.77. The van der Waals surface area contributed by atoms with Crippen molar-refractivity contribution in [2.24, 2.45) is 0 Å². The number of aromatic nitrogens is 5. The molecule has 0 amide bonds. The Balaban J connectivity index is 1.44. The molecule has 2 fully saturated rings. The highest BCUT2D eigenvalue weighted by Gasteiger charge is 2.33. The van der Waals surface area contributed by atoms with Crippen LogP contribution in [0, 0.1) is 0 Å². The van der Waals surface area contributed by atoms with Gasteiger partial charge >= 0.3 is 0 Å². The summed E-state index contributed by atoms with van der Waals surface area (Å²) in [5.74, 6) is 1.99. The smallest absolute Gasteiger partial charge is 0.253 e. The normalized spacial score (nSPS) is 22.3. The third-order valence-corrected chi connectivity index (χ3v) is 6.77. The molecule has 0 bridgehead atoms. The highest BCUT2D eigenvalue weighted by Crippen LogP contribution is 2.36. The van der Waals surface area contributed by atoms with Gasteiger partial charge in [0.1, 0.15) is 6.04 Å². The minimum atomic E-state index is -0.367. The Morgan fingerprint density at radius 3 is 2.76 bits per heavy atom. The van der Waals surface area contributed by atoms with Crippen LogP contribution in [0.3, 0.4) is 0 Å². The molecule has 3 aromatic rings. The molecule has 1 N–H and O–H groups in total. The number of rotatable bonds is 5. The molecule has 11 heteroatoms. The predicted molar refractivity (Wildman–Crippen MR) is 118 cm³/mol. The van der Waals surface area contributed by atoms with E-state index < -0.39 is 0 Å². The van der Waals surface area contributed by atoms with Crippen LogP contribution in [-0.2, 0) is 11.3 Å². The molecule has 0 radical (unpaired) electrons. The van der Waals surface area contributed by atoms with Crippen LogP contribution in [0.1, 0.15) is 30.3 Å². The van der Waals surface area contributed by atoms with Crippen molar-refractivity contribution >= 4 is 10.9 Å². The van der Waals surface area contributed by atoms with Crippen molar-refractivity contribution in [1.29, 1.82) is 0 Å². The van der Waals surface area contributed by atoms with E-state index in [-0.39, 0.29) is 24.5 Å². The maximum atomic E-state index is 13.4. The fraction of sp³-hybridized carbons (Fsp3) is 0.545. The van der Waals surface area contributed by atoms with Gasteiger partial charge in [-0.15, -0.1) is 5.10 Å². The van der Waals surface area contributed by atoms with Crippen molar-refractivity contribution < 1.29 is 14.2 Å². The highest BCUT2D eigenvalue weighted by molar-refractivity contribution is 5.83. The van der Waals surface area contributed by atoms with Crippen LogP contribution in [0.4, 0.5) is 0 Å². The van der Waals surface area contributed by atoms with Gasteiger partial charge in [0.15, 0.2) is 17.3 Å². The van der Waals surface area contributed by atoms with Gasteiger partial charge in [0.05, 0.1) is 18.2 Å². The minimum absolute atomic E-state index is 0.0926. The van der Waals surface area contributed by atoms with Crippen LogP contribution >= 0.6 is 0 Å². The first-order chi connectivity index (χ1) is 16.2. The summed E-state index contributed by atoms with van der Waals surface area (Å²) in [4.78, 5) is 21.0. The second-order valence-electron chi connectivity index (χ2n) is 8.94. The van der Waals surface area contributed by atoms with Gasteiger partial charge in [-0.2, -0.15) is 0 Å². The summed E-state index contributed by atoms with van der Waals surface area (Å²) in [6.07, 6.45) is 2.13. The zero-order valence-electron chi connectivity index (χ0n) is 18.6. The summed E-state index contributed by atoms with van der Waals surface area (Å²) in [6, 6.07) is 5.29. The van der Waals surface area contributed by atoms with Gasteiger partial charge < -0.3 is 24.1 Å². The van der Waals surface area contributed by atoms with E-state index >= 15 is 0 Å². The second-order valence-corrected chi connectivity index (χ2v) is 8.94. The molecule has 2 saturated heterocycles. The van der Waals surface area contributed by atoms with Crippen LogP contribution in [0.25, 0.3) is 10.9 Å². The van der Waals surface area contributed by atoms with Crippen molar-refractivity contribution in [1.82, 2.24) is 35.0 Å². The summed E-state index contributed by atoms with van der Waals surface area (Å²) in [5.41, 5.74) is 1.18. The van der Waals surface area contributed by atoms with Crippen molar-refractivity contribution in [3.8, 4) is 11.5 Å². The van der Waals surface area contributed by atoms with Gasteiger partial charge in [0.25, 0.3) is 5.56 Å². The van der Waals surface area contributed by atoms with E-state index in [0.29, 0.717) is 34.9 Å². The Bertz CT molecular complexity index is 1210. The van der Waals surface area contributed by atoms with Crippen molar-refractivity contribution in [2.75, 3.05) is 46.6 Å². The molecule has 11 nitrogen and oxygen atoms in total. The van der Waals surface area contributed by atoms with Crippen LogP contribution in [0.2, 0.25) is 0 Å². The molecule has 2 aromatic heterocycles. The number of fused-ring (bicyclic) bond motifs is 2. The molecule has 1 aromatic carbocycles. The van der Waals surface area contributed by atoms with E-state index in [1.807, 2.05) is 22.9 Å². The largest absolute Gasteiger partial charge is 0.454 e. The molecule has 3 aliphatic rings. The van der Waals surface area contributed by atoms with Crippen molar-refractivity contribution in [2.45, 2.75) is 31.5 Å². The average Bonchev–Trinajstić information content (AvgIpc) is 3.57. The Hall–Kier alpha value is -3.02. The number of benzene rings is 1. The first-order valence-electron chi connectivity index (χ1n) is 11.4. The van der Waals surface area contributed by atoms with Gasteiger partial charge in [-0.05, 0) is 42.4 Å². The van der Waals surface area contributed by atoms with Crippen LogP contribution < -0.4 is 15.0 Å². The van der Waals surface area contributed by atoms with E-state index in [0.717, 1.165) is 51.0 Å². The lowest BCUT2D eigenvalue weighted by Crippen LogP contribution is -2.47. The molecular formula is C22H27N7O4. The number of ether oxygens (including phenoxy) is 3. The van der Waals surface area contributed by atoms with Gasteiger partial charge in [-0.25, -0.2) is 4.68 Å². The molecule has 0 spiro atoms. The van der Waals surface area contributed by atoms with E-state index in [4.69, 9.17) is 14.2 Å². The number of nitrogens with one attached hydrogen (secondary N) is 1. The number of likely N-dealkylation sites (N-methyl/N-ethyl adjacent to an activating group) is 1. The fourth-order valence-electron chi connectivity index (χ4n) is 4.91. The van der Waals surface area contributed by atoms with Gasteiger partial charge in [0.2, 0.25) is 6.79 Å². The summed E-state index contributed by atoms with van der Waals surface area (Å²) in [6.45, 7) is 4.98. The first kappa shape index (κ1) is 20.6. The molecule has 33 heavy (non-hydrogen) atoms. The number of aromatic amines is 1. The standard InChI is InChI=1S/C22H27N7O4/c1-27-4-6-28(7-5-27)20(21-24-25-26-29(21)12-15-3-2-8-31-15)16-9-14-10-18-19(33-13-32-18)11-17(14)23-22(16)30/h9-11,15,20H,2-8,12-13H2,1H3,(H,23,30)/t15-,20+/m0/s1. The van der Waals surface area contributed by atoms with Crippen molar-refractivity contribution in [3.05, 3.63) is 39.9 Å². The number of pyridine rings is 1. The molecule has 0 saturated carbocycles.